The van der Waals surface area contributed by atoms with Crippen molar-refractivity contribution in [1.82, 2.24) is 4.31 Å². The molecule has 1 saturated heterocycles. The normalized spacial score (nSPS) is 16.5. The molecule has 1 aromatic carbocycles. The number of para-hydroxylation sites is 1. The van der Waals surface area contributed by atoms with Crippen molar-refractivity contribution in [3.05, 3.63) is 30.3 Å². The van der Waals surface area contributed by atoms with Gasteiger partial charge in [-0.2, -0.15) is 12.7 Å². The van der Waals surface area contributed by atoms with E-state index in [1.54, 1.807) is 30.3 Å². The number of nitrogens with zero attached hydrogens (tertiary/aromatic N) is 1. The number of anilines is 1. The number of hydrogen-bond acceptors (Lipinski definition) is 4. The topological polar surface area (TPSA) is 75.7 Å². The van der Waals surface area contributed by atoms with Crippen molar-refractivity contribution in [3.63, 3.8) is 0 Å². The summed E-state index contributed by atoms with van der Waals surface area (Å²) < 4.78 is 31.5. The van der Waals surface area contributed by atoms with Crippen molar-refractivity contribution in [2.75, 3.05) is 17.9 Å². The van der Waals surface area contributed by atoms with Gasteiger partial charge in [-0.25, -0.2) is 4.79 Å². The summed E-state index contributed by atoms with van der Waals surface area (Å²) in [5.74, 6) is 0. The molecule has 1 N–H and O–H groups in total. The maximum atomic E-state index is 11.9. The number of benzene rings is 1. The van der Waals surface area contributed by atoms with Crippen LogP contribution in [0.25, 0.3) is 0 Å². The SMILES string of the molecule is O=C1OCCCN1S(=O)(=O)Nc1ccccc1. The van der Waals surface area contributed by atoms with Gasteiger partial charge in [0.25, 0.3) is 0 Å². The molecule has 0 aliphatic carbocycles. The number of rotatable bonds is 3. The molecule has 0 radical (unpaired) electrons. The Morgan fingerprint density at radius 2 is 1.94 bits per heavy atom. The molecule has 1 fully saturated rings. The molecule has 0 saturated carbocycles. The lowest BCUT2D eigenvalue weighted by atomic mass is 10.3. The van der Waals surface area contributed by atoms with E-state index in [4.69, 9.17) is 0 Å². The van der Waals surface area contributed by atoms with E-state index in [0.29, 0.717) is 16.4 Å². The summed E-state index contributed by atoms with van der Waals surface area (Å²) in [5.41, 5.74) is 0.408. The van der Waals surface area contributed by atoms with E-state index < -0.39 is 16.3 Å². The first-order valence-electron chi connectivity index (χ1n) is 5.12. The quantitative estimate of drug-likeness (QED) is 0.881. The first-order valence-corrected chi connectivity index (χ1v) is 6.56. The molecular formula is C10H12N2O4S. The van der Waals surface area contributed by atoms with Gasteiger partial charge >= 0.3 is 16.3 Å². The Balaban J connectivity index is 2.16. The van der Waals surface area contributed by atoms with Crippen molar-refractivity contribution in [1.29, 1.82) is 0 Å². The Hall–Kier alpha value is -1.76. The first-order chi connectivity index (χ1) is 8.09. The largest absolute Gasteiger partial charge is 0.449 e. The molecule has 0 unspecified atom stereocenters. The second-order valence-electron chi connectivity index (χ2n) is 3.51. The molecule has 2 rings (SSSR count). The number of nitrogens with one attached hydrogen (secondary N) is 1. The smallest absolute Gasteiger partial charge is 0.424 e. The van der Waals surface area contributed by atoms with Gasteiger partial charge in [0.05, 0.1) is 12.3 Å². The summed E-state index contributed by atoms with van der Waals surface area (Å²) in [7, 11) is -3.88. The minimum atomic E-state index is -3.88. The summed E-state index contributed by atoms with van der Waals surface area (Å²) in [4.78, 5) is 11.3. The molecule has 0 spiro atoms. The van der Waals surface area contributed by atoms with Crippen molar-refractivity contribution in [3.8, 4) is 0 Å². The van der Waals surface area contributed by atoms with Crippen LogP contribution in [0.3, 0.4) is 0 Å². The van der Waals surface area contributed by atoms with Crippen LogP contribution in [-0.2, 0) is 14.9 Å². The summed E-state index contributed by atoms with van der Waals surface area (Å²) in [6.45, 7) is 0.400. The number of cyclic esters (lactones) is 1. The Morgan fingerprint density at radius 1 is 1.24 bits per heavy atom. The fourth-order valence-corrected chi connectivity index (χ4v) is 2.62. The Morgan fingerprint density at radius 3 is 2.59 bits per heavy atom. The molecule has 1 aliphatic rings. The molecule has 7 heteroatoms. The van der Waals surface area contributed by atoms with E-state index >= 15 is 0 Å². The van der Waals surface area contributed by atoms with Crippen LogP contribution in [0.1, 0.15) is 6.42 Å². The van der Waals surface area contributed by atoms with Crippen LogP contribution < -0.4 is 4.72 Å². The Bertz CT molecular complexity index is 500. The lowest BCUT2D eigenvalue weighted by Gasteiger charge is -2.25. The molecule has 17 heavy (non-hydrogen) atoms. The van der Waals surface area contributed by atoms with E-state index in [0.717, 1.165) is 0 Å². The van der Waals surface area contributed by atoms with Crippen LogP contribution in [0.4, 0.5) is 10.5 Å². The van der Waals surface area contributed by atoms with Crippen molar-refractivity contribution in [2.45, 2.75) is 6.42 Å². The fourth-order valence-electron chi connectivity index (χ4n) is 1.46. The zero-order valence-corrected chi connectivity index (χ0v) is 9.81. The van der Waals surface area contributed by atoms with Crippen molar-refractivity contribution in [2.24, 2.45) is 0 Å². The maximum absolute atomic E-state index is 11.9. The van der Waals surface area contributed by atoms with Crippen LogP contribution in [0, 0.1) is 0 Å². The van der Waals surface area contributed by atoms with Gasteiger partial charge in [0.2, 0.25) is 0 Å². The van der Waals surface area contributed by atoms with E-state index in [1.807, 2.05) is 0 Å². The van der Waals surface area contributed by atoms with Crippen molar-refractivity contribution < 1.29 is 17.9 Å². The highest BCUT2D eigenvalue weighted by molar-refractivity contribution is 7.90. The molecule has 1 amide bonds. The van der Waals surface area contributed by atoms with Gasteiger partial charge in [-0.1, -0.05) is 18.2 Å². The predicted octanol–water partition coefficient (Wildman–Crippen LogP) is 1.19. The van der Waals surface area contributed by atoms with Gasteiger partial charge in [-0.05, 0) is 12.1 Å². The number of hydrogen-bond donors (Lipinski definition) is 1. The molecular weight excluding hydrogens is 244 g/mol. The zero-order valence-electron chi connectivity index (χ0n) is 9.00. The van der Waals surface area contributed by atoms with Crippen LogP contribution >= 0.6 is 0 Å². The van der Waals surface area contributed by atoms with Gasteiger partial charge in [0.15, 0.2) is 0 Å². The van der Waals surface area contributed by atoms with Gasteiger partial charge in [0.1, 0.15) is 0 Å². The van der Waals surface area contributed by atoms with Crippen LogP contribution in [0.15, 0.2) is 30.3 Å². The minimum Gasteiger partial charge on any atom is -0.449 e. The highest BCUT2D eigenvalue weighted by Gasteiger charge is 2.31. The predicted molar refractivity (Wildman–Crippen MR) is 61.7 cm³/mol. The molecule has 0 atom stereocenters. The van der Waals surface area contributed by atoms with E-state index in [9.17, 15) is 13.2 Å². The Kier molecular flexibility index (Phi) is 3.19. The third-order valence-electron chi connectivity index (χ3n) is 2.25. The number of carbonyl (C=O) groups excluding carboxylic acids is 1. The summed E-state index contributed by atoms with van der Waals surface area (Å²) in [6.07, 6.45) is -0.332. The third-order valence-corrected chi connectivity index (χ3v) is 3.65. The Labute approximate surface area is 99.4 Å². The molecule has 92 valence electrons. The lowest BCUT2D eigenvalue weighted by Crippen LogP contribution is -2.44. The van der Waals surface area contributed by atoms with Gasteiger partial charge in [-0.3, -0.25) is 4.72 Å². The van der Waals surface area contributed by atoms with Crippen molar-refractivity contribution >= 4 is 22.0 Å². The third kappa shape index (κ3) is 2.68. The van der Waals surface area contributed by atoms with Gasteiger partial charge < -0.3 is 4.74 Å². The van der Waals surface area contributed by atoms with Crippen LogP contribution in [0.2, 0.25) is 0 Å². The maximum Gasteiger partial charge on any atom is 0.424 e. The summed E-state index contributed by atoms with van der Waals surface area (Å²) in [6, 6.07) is 8.38. The second-order valence-corrected chi connectivity index (χ2v) is 5.11. The van der Waals surface area contributed by atoms with E-state index in [-0.39, 0.29) is 13.2 Å². The highest BCUT2D eigenvalue weighted by Crippen LogP contribution is 2.14. The standard InChI is InChI=1S/C10H12N2O4S/c13-10-12(7-4-8-16-10)17(14,15)11-9-5-2-1-3-6-9/h1-3,5-6,11H,4,7-8H2. The molecule has 0 aromatic heterocycles. The molecule has 1 aliphatic heterocycles. The average Bonchev–Trinajstić information content (AvgIpc) is 2.30. The zero-order chi connectivity index (χ0) is 12.3. The number of amides is 1. The monoisotopic (exact) mass is 256 g/mol. The minimum absolute atomic E-state index is 0.140. The number of carbonyl (C=O) groups is 1. The fraction of sp³-hybridized carbons (Fsp3) is 0.300. The summed E-state index contributed by atoms with van der Waals surface area (Å²) >= 11 is 0. The molecule has 6 nitrogen and oxygen atoms in total. The second kappa shape index (κ2) is 4.62. The number of ether oxygens (including phenoxy) is 1. The van der Waals surface area contributed by atoms with Crippen LogP contribution in [-0.4, -0.2) is 32.0 Å². The molecule has 0 bridgehead atoms. The summed E-state index contributed by atoms with van der Waals surface area (Å²) in [5, 5.41) is 0. The average molecular weight is 256 g/mol. The van der Waals surface area contributed by atoms with E-state index in [1.165, 1.54) is 0 Å². The van der Waals surface area contributed by atoms with Gasteiger partial charge in [0, 0.05) is 13.0 Å². The molecule has 1 heterocycles. The van der Waals surface area contributed by atoms with Crippen LogP contribution in [0.5, 0.6) is 0 Å². The highest BCUT2D eigenvalue weighted by atomic mass is 32.2. The lowest BCUT2D eigenvalue weighted by molar-refractivity contribution is 0.101. The molecule has 1 aromatic rings. The van der Waals surface area contributed by atoms with Gasteiger partial charge in [-0.15, -0.1) is 0 Å². The first kappa shape index (κ1) is 11.7. The van der Waals surface area contributed by atoms with E-state index in [2.05, 4.69) is 9.46 Å².